The van der Waals surface area contributed by atoms with E-state index in [0.717, 1.165) is 5.69 Å². The molecular formula is C14H15FN2O2. The van der Waals surface area contributed by atoms with Crippen molar-refractivity contribution in [2.24, 2.45) is 0 Å². The summed E-state index contributed by atoms with van der Waals surface area (Å²) in [5.74, 6) is -0.791. The number of nitro benzene ring substituents is 1. The van der Waals surface area contributed by atoms with Gasteiger partial charge in [0, 0.05) is 24.5 Å². The zero-order valence-corrected chi connectivity index (χ0v) is 11.1. The number of nitro groups is 1. The van der Waals surface area contributed by atoms with E-state index in [1.165, 1.54) is 23.3 Å². The Labute approximate surface area is 110 Å². The molecule has 100 valence electrons. The maximum absolute atomic E-state index is 13.5. The van der Waals surface area contributed by atoms with Gasteiger partial charge in [-0.1, -0.05) is 6.07 Å². The summed E-state index contributed by atoms with van der Waals surface area (Å²) in [5, 5.41) is 10.6. The van der Waals surface area contributed by atoms with Crippen LogP contribution in [0.3, 0.4) is 0 Å². The summed E-state index contributed by atoms with van der Waals surface area (Å²) in [6.07, 6.45) is 2.00. The molecule has 2 aromatic rings. The van der Waals surface area contributed by atoms with Crippen molar-refractivity contribution in [2.75, 3.05) is 0 Å². The number of hydrogen-bond acceptors (Lipinski definition) is 2. The van der Waals surface area contributed by atoms with Gasteiger partial charge >= 0.3 is 5.69 Å². The number of benzene rings is 1. The Morgan fingerprint density at radius 1 is 1.32 bits per heavy atom. The zero-order valence-electron chi connectivity index (χ0n) is 11.1. The molecule has 1 heterocycles. The van der Waals surface area contributed by atoms with Crippen LogP contribution < -0.4 is 0 Å². The first-order valence-electron chi connectivity index (χ1n) is 5.96. The summed E-state index contributed by atoms with van der Waals surface area (Å²) in [6, 6.07) is 4.02. The molecule has 0 radical (unpaired) electrons. The van der Waals surface area contributed by atoms with E-state index in [1.54, 1.807) is 6.07 Å². The summed E-state index contributed by atoms with van der Waals surface area (Å²) >= 11 is 0. The van der Waals surface area contributed by atoms with Gasteiger partial charge in [0.2, 0.25) is 5.82 Å². The van der Waals surface area contributed by atoms with Crippen LogP contribution >= 0.6 is 0 Å². The SMILES string of the molecule is Cc1cn(Cc2ccc([N+](=O)[O-])c(F)c2)c(C)c1C. The van der Waals surface area contributed by atoms with Crippen LogP contribution in [0, 0.1) is 36.7 Å². The summed E-state index contributed by atoms with van der Waals surface area (Å²) < 4.78 is 15.6. The van der Waals surface area contributed by atoms with Crippen LogP contribution in [0.2, 0.25) is 0 Å². The minimum absolute atomic E-state index is 0.486. The predicted molar refractivity (Wildman–Crippen MR) is 70.8 cm³/mol. The van der Waals surface area contributed by atoms with Gasteiger partial charge in [0.15, 0.2) is 0 Å². The van der Waals surface area contributed by atoms with E-state index < -0.39 is 16.4 Å². The molecule has 0 aliphatic carbocycles. The average molecular weight is 262 g/mol. The number of hydrogen-bond donors (Lipinski definition) is 0. The largest absolute Gasteiger partial charge is 0.347 e. The van der Waals surface area contributed by atoms with Crippen LogP contribution in [-0.2, 0) is 6.54 Å². The molecule has 0 saturated carbocycles. The molecule has 0 bridgehead atoms. The minimum Gasteiger partial charge on any atom is -0.347 e. The van der Waals surface area contributed by atoms with Crippen LogP contribution in [-0.4, -0.2) is 9.49 Å². The van der Waals surface area contributed by atoms with Gasteiger partial charge in [-0.25, -0.2) is 0 Å². The second-order valence-corrected chi connectivity index (χ2v) is 4.69. The molecule has 0 unspecified atom stereocenters. The highest BCUT2D eigenvalue weighted by molar-refractivity contribution is 5.36. The van der Waals surface area contributed by atoms with E-state index in [1.807, 2.05) is 31.5 Å². The predicted octanol–water partition coefficient (Wildman–Crippen LogP) is 3.51. The van der Waals surface area contributed by atoms with Crippen molar-refractivity contribution in [1.82, 2.24) is 4.57 Å². The molecule has 0 N–H and O–H groups in total. The fourth-order valence-corrected chi connectivity index (χ4v) is 2.09. The maximum atomic E-state index is 13.5. The van der Waals surface area contributed by atoms with Crippen molar-refractivity contribution in [3.63, 3.8) is 0 Å². The summed E-state index contributed by atoms with van der Waals surface area (Å²) in [5.41, 5.74) is 3.74. The second kappa shape index (κ2) is 4.84. The van der Waals surface area contributed by atoms with Gasteiger partial charge in [0.1, 0.15) is 0 Å². The van der Waals surface area contributed by atoms with E-state index in [9.17, 15) is 14.5 Å². The van der Waals surface area contributed by atoms with Crippen LogP contribution in [0.4, 0.5) is 10.1 Å². The van der Waals surface area contributed by atoms with Gasteiger partial charge in [-0.15, -0.1) is 0 Å². The van der Waals surface area contributed by atoms with Crippen LogP contribution in [0.25, 0.3) is 0 Å². The smallest absolute Gasteiger partial charge is 0.304 e. The highest BCUT2D eigenvalue weighted by Gasteiger charge is 2.14. The fraction of sp³-hybridized carbons (Fsp3) is 0.286. The third-order valence-corrected chi connectivity index (χ3v) is 3.48. The first kappa shape index (κ1) is 13.3. The van der Waals surface area contributed by atoms with Crippen molar-refractivity contribution < 1.29 is 9.31 Å². The number of halogens is 1. The number of nitrogens with zero attached hydrogens (tertiary/aromatic N) is 2. The topological polar surface area (TPSA) is 48.1 Å². The Balaban J connectivity index is 2.31. The van der Waals surface area contributed by atoms with Crippen LogP contribution in [0.5, 0.6) is 0 Å². The van der Waals surface area contributed by atoms with Gasteiger partial charge in [0.05, 0.1) is 4.92 Å². The highest BCUT2D eigenvalue weighted by Crippen LogP contribution is 2.20. The van der Waals surface area contributed by atoms with Crippen molar-refractivity contribution >= 4 is 5.69 Å². The number of aromatic nitrogens is 1. The molecule has 0 atom stereocenters. The Bertz CT molecular complexity index is 647. The first-order chi connectivity index (χ1) is 8.90. The molecule has 0 aliphatic rings. The molecule has 0 spiro atoms. The molecule has 0 aliphatic heterocycles. The van der Waals surface area contributed by atoms with Crippen LogP contribution in [0.1, 0.15) is 22.4 Å². The number of rotatable bonds is 3. The van der Waals surface area contributed by atoms with E-state index >= 15 is 0 Å². The molecule has 1 aromatic carbocycles. The van der Waals surface area contributed by atoms with Gasteiger partial charge in [-0.2, -0.15) is 4.39 Å². The lowest BCUT2D eigenvalue weighted by molar-refractivity contribution is -0.387. The summed E-state index contributed by atoms with van der Waals surface area (Å²) in [7, 11) is 0. The van der Waals surface area contributed by atoms with Crippen LogP contribution in [0.15, 0.2) is 24.4 Å². The third kappa shape index (κ3) is 2.50. The Morgan fingerprint density at radius 3 is 2.47 bits per heavy atom. The molecule has 0 saturated heterocycles. The normalized spacial score (nSPS) is 10.7. The molecule has 2 rings (SSSR count). The molecule has 5 heteroatoms. The summed E-state index contributed by atoms with van der Waals surface area (Å²) in [6.45, 7) is 6.58. The summed E-state index contributed by atoms with van der Waals surface area (Å²) in [4.78, 5) is 9.84. The molecule has 0 fully saturated rings. The van der Waals surface area contributed by atoms with E-state index in [0.29, 0.717) is 12.1 Å². The zero-order chi connectivity index (χ0) is 14.2. The Hall–Kier alpha value is -2.17. The average Bonchev–Trinajstić information content (AvgIpc) is 2.57. The van der Waals surface area contributed by atoms with Gasteiger partial charge in [-0.3, -0.25) is 10.1 Å². The molecule has 19 heavy (non-hydrogen) atoms. The van der Waals surface area contributed by atoms with Crippen molar-refractivity contribution in [2.45, 2.75) is 27.3 Å². The van der Waals surface area contributed by atoms with Gasteiger partial charge in [-0.05, 0) is 43.5 Å². The highest BCUT2D eigenvalue weighted by atomic mass is 19.1. The minimum atomic E-state index is -0.791. The van der Waals surface area contributed by atoms with Crippen molar-refractivity contribution in [3.8, 4) is 0 Å². The second-order valence-electron chi connectivity index (χ2n) is 4.69. The standard InChI is InChI=1S/C14H15FN2O2/c1-9-7-16(11(3)10(9)2)8-12-4-5-14(17(18)19)13(15)6-12/h4-7H,8H2,1-3H3. The third-order valence-electron chi connectivity index (χ3n) is 3.48. The molecule has 4 nitrogen and oxygen atoms in total. The van der Waals surface area contributed by atoms with Gasteiger partial charge in [0.25, 0.3) is 0 Å². The molecule has 0 amide bonds. The van der Waals surface area contributed by atoms with E-state index in [2.05, 4.69) is 0 Å². The van der Waals surface area contributed by atoms with Gasteiger partial charge < -0.3 is 4.57 Å². The molecule has 1 aromatic heterocycles. The monoisotopic (exact) mass is 262 g/mol. The Kier molecular flexibility index (Phi) is 3.38. The quantitative estimate of drug-likeness (QED) is 0.627. The van der Waals surface area contributed by atoms with E-state index in [4.69, 9.17) is 0 Å². The molecular weight excluding hydrogens is 247 g/mol. The Morgan fingerprint density at radius 2 is 2.00 bits per heavy atom. The van der Waals surface area contributed by atoms with Crippen molar-refractivity contribution in [1.29, 1.82) is 0 Å². The van der Waals surface area contributed by atoms with Crippen molar-refractivity contribution in [3.05, 3.63) is 62.7 Å². The lowest BCUT2D eigenvalue weighted by Crippen LogP contribution is -2.02. The lowest BCUT2D eigenvalue weighted by Gasteiger charge is -2.07. The number of aryl methyl sites for hydroxylation is 1. The lowest BCUT2D eigenvalue weighted by atomic mass is 10.2. The first-order valence-corrected chi connectivity index (χ1v) is 5.96. The fourth-order valence-electron chi connectivity index (χ4n) is 2.09. The maximum Gasteiger partial charge on any atom is 0.304 e. The van der Waals surface area contributed by atoms with E-state index in [-0.39, 0.29) is 0 Å².